The van der Waals surface area contributed by atoms with Gasteiger partial charge in [0.15, 0.2) is 5.82 Å². The van der Waals surface area contributed by atoms with E-state index in [9.17, 15) is 27.2 Å². The van der Waals surface area contributed by atoms with E-state index in [1.165, 1.54) is 19.1 Å². The SMILES string of the molecule is CON(C)C(=O)CN1c2nc(N3CCOCC3C)c(F)c(=O)n2CCC1C(F)(F)F. The Labute approximate surface area is 169 Å². The van der Waals surface area contributed by atoms with Crippen molar-refractivity contribution < 1.29 is 31.9 Å². The third-order valence-electron chi connectivity index (χ3n) is 5.28. The van der Waals surface area contributed by atoms with Gasteiger partial charge in [-0.2, -0.15) is 22.5 Å². The number of nitrogens with zero attached hydrogens (tertiary/aromatic N) is 5. The number of halogens is 4. The van der Waals surface area contributed by atoms with Gasteiger partial charge in [-0.05, 0) is 13.3 Å². The summed E-state index contributed by atoms with van der Waals surface area (Å²) < 4.78 is 62.1. The average molecular weight is 437 g/mol. The highest BCUT2D eigenvalue weighted by molar-refractivity contribution is 5.80. The van der Waals surface area contributed by atoms with Gasteiger partial charge < -0.3 is 14.5 Å². The van der Waals surface area contributed by atoms with Crippen LogP contribution in [0.25, 0.3) is 0 Å². The number of carbonyl (C=O) groups excluding carboxylic acids is 1. The summed E-state index contributed by atoms with van der Waals surface area (Å²) in [5.74, 6) is -2.66. The molecule has 0 N–H and O–H groups in total. The van der Waals surface area contributed by atoms with Gasteiger partial charge in [-0.3, -0.25) is 19.0 Å². The topological polar surface area (TPSA) is 80.1 Å². The summed E-state index contributed by atoms with van der Waals surface area (Å²) in [5, 5.41) is 0.777. The lowest BCUT2D eigenvalue weighted by Crippen LogP contribution is -2.56. The van der Waals surface area contributed by atoms with Crippen LogP contribution < -0.4 is 15.4 Å². The average Bonchev–Trinajstić information content (AvgIpc) is 2.69. The number of alkyl halides is 3. The second-order valence-electron chi connectivity index (χ2n) is 7.17. The van der Waals surface area contributed by atoms with E-state index >= 15 is 0 Å². The van der Waals surface area contributed by atoms with Crippen LogP contribution in [-0.4, -0.2) is 79.2 Å². The molecular formula is C17H23F4N5O4. The Morgan fingerprint density at radius 1 is 1.37 bits per heavy atom. The molecular weight excluding hydrogens is 414 g/mol. The van der Waals surface area contributed by atoms with E-state index in [0.717, 1.165) is 9.63 Å². The highest BCUT2D eigenvalue weighted by Gasteiger charge is 2.48. The predicted molar refractivity (Wildman–Crippen MR) is 97.7 cm³/mol. The van der Waals surface area contributed by atoms with Crippen LogP contribution in [0.2, 0.25) is 0 Å². The van der Waals surface area contributed by atoms with Gasteiger partial charge in [0.05, 0.1) is 26.4 Å². The Morgan fingerprint density at radius 2 is 2.07 bits per heavy atom. The van der Waals surface area contributed by atoms with Crippen LogP contribution in [0.15, 0.2) is 4.79 Å². The normalized spacial score (nSPS) is 22.1. The smallest absolute Gasteiger partial charge is 0.377 e. The molecule has 1 amide bonds. The molecule has 0 aromatic carbocycles. The van der Waals surface area contributed by atoms with Crippen LogP contribution in [0.1, 0.15) is 13.3 Å². The number of hydrogen-bond donors (Lipinski definition) is 0. The third kappa shape index (κ3) is 4.08. The molecule has 30 heavy (non-hydrogen) atoms. The number of carbonyl (C=O) groups is 1. The summed E-state index contributed by atoms with van der Waals surface area (Å²) in [5.41, 5.74) is -1.08. The first-order chi connectivity index (χ1) is 14.1. The molecule has 0 spiro atoms. The summed E-state index contributed by atoms with van der Waals surface area (Å²) in [6.45, 7) is 1.35. The number of fused-ring (bicyclic) bond motifs is 1. The van der Waals surface area contributed by atoms with Crippen molar-refractivity contribution in [2.75, 3.05) is 50.3 Å². The molecule has 1 aromatic heterocycles. The zero-order chi connectivity index (χ0) is 22.2. The van der Waals surface area contributed by atoms with E-state index in [1.807, 2.05) is 0 Å². The molecule has 0 saturated carbocycles. The van der Waals surface area contributed by atoms with Gasteiger partial charge in [-0.25, -0.2) is 5.06 Å². The highest BCUT2D eigenvalue weighted by Crippen LogP contribution is 2.35. The molecule has 168 valence electrons. The minimum Gasteiger partial charge on any atom is -0.377 e. The fourth-order valence-corrected chi connectivity index (χ4v) is 3.58. The van der Waals surface area contributed by atoms with Crippen LogP contribution in [-0.2, 0) is 20.9 Å². The lowest BCUT2D eigenvalue weighted by atomic mass is 10.1. The summed E-state index contributed by atoms with van der Waals surface area (Å²) >= 11 is 0. The largest absolute Gasteiger partial charge is 0.408 e. The first-order valence-corrected chi connectivity index (χ1v) is 9.35. The number of rotatable bonds is 4. The van der Waals surface area contributed by atoms with E-state index in [1.54, 1.807) is 6.92 Å². The molecule has 1 aromatic rings. The number of morpholine rings is 1. The number of amides is 1. The minimum atomic E-state index is -4.68. The van der Waals surface area contributed by atoms with Gasteiger partial charge in [0, 0.05) is 20.1 Å². The summed E-state index contributed by atoms with van der Waals surface area (Å²) in [7, 11) is 2.44. The van der Waals surface area contributed by atoms with Crippen LogP contribution in [0.3, 0.4) is 0 Å². The maximum absolute atomic E-state index is 14.8. The molecule has 3 heterocycles. The van der Waals surface area contributed by atoms with Gasteiger partial charge in [0.2, 0.25) is 11.8 Å². The highest BCUT2D eigenvalue weighted by atomic mass is 19.4. The molecule has 3 rings (SSSR count). The van der Waals surface area contributed by atoms with Crippen molar-refractivity contribution in [3.63, 3.8) is 0 Å². The fraction of sp³-hybridized carbons (Fsp3) is 0.706. The quantitative estimate of drug-likeness (QED) is 0.509. The monoisotopic (exact) mass is 437 g/mol. The van der Waals surface area contributed by atoms with Crippen molar-refractivity contribution in [3.8, 4) is 0 Å². The number of anilines is 2. The number of hydroxylamine groups is 2. The maximum atomic E-state index is 14.8. The van der Waals surface area contributed by atoms with Crippen molar-refractivity contribution in [1.82, 2.24) is 14.6 Å². The standard InChI is InChI=1S/C17H23F4N5O4/c1-10-9-30-7-6-24(10)14-13(18)15(28)25-5-4-11(17(19,20)21)26(16(25)22-14)8-12(27)23(2)29-3/h10-11H,4-9H2,1-3H3. The van der Waals surface area contributed by atoms with Crippen molar-refractivity contribution in [2.24, 2.45) is 0 Å². The Morgan fingerprint density at radius 3 is 2.67 bits per heavy atom. The summed E-state index contributed by atoms with van der Waals surface area (Å²) in [4.78, 5) is 35.9. The van der Waals surface area contributed by atoms with Crippen LogP contribution in [0.4, 0.5) is 29.3 Å². The van der Waals surface area contributed by atoms with Crippen molar-refractivity contribution >= 4 is 17.7 Å². The lowest BCUT2D eigenvalue weighted by molar-refractivity contribution is -0.169. The van der Waals surface area contributed by atoms with Crippen LogP contribution in [0.5, 0.6) is 0 Å². The Hall–Kier alpha value is -2.41. The minimum absolute atomic E-state index is 0.224. The molecule has 1 saturated heterocycles. The molecule has 2 unspecified atom stereocenters. The second-order valence-corrected chi connectivity index (χ2v) is 7.17. The van der Waals surface area contributed by atoms with Gasteiger partial charge in [-0.1, -0.05) is 0 Å². The predicted octanol–water partition coefficient (Wildman–Crippen LogP) is 0.768. The molecule has 2 aliphatic heterocycles. The van der Waals surface area contributed by atoms with E-state index in [-0.39, 0.29) is 38.2 Å². The zero-order valence-corrected chi connectivity index (χ0v) is 16.8. The Balaban J connectivity index is 2.11. The molecule has 0 radical (unpaired) electrons. The Bertz CT molecular complexity index is 862. The molecule has 13 heteroatoms. The van der Waals surface area contributed by atoms with Crippen molar-refractivity contribution in [1.29, 1.82) is 0 Å². The molecule has 2 aliphatic rings. The second kappa shape index (κ2) is 8.38. The number of hydrogen-bond acceptors (Lipinski definition) is 7. The van der Waals surface area contributed by atoms with E-state index in [4.69, 9.17) is 9.57 Å². The van der Waals surface area contributed by atoms with Crippen molar-refractivity contribution in [3.05, 3.63) is 16.2 Å². The zero-order valence-electron chi connectivity index (χ0n) is 16.8. The lowest BCUT2D eigenvalue weighted by Gasteiger charge is -2.40. The van der Waals surface area contributed by atoms with Gasteiger partial charge in [0.25, 0.3) is 11.5 Å². The number of aromatic nitrogens is 2. The molecule has 0 aliphatic carbocycles. The van der Waals surface area contributed by atoms with Crippen LogP contribution in [0, 0.1) is 5.82 Å². The number of likely N-dealkylation sites (N-methyl/N-ethyl adjacent to an activating group) is 1. The molecule has 2 atom stereocenters. The van der Waals surface area contributed by atoms with Gasteiger partial charge in [0.1, 0.15) is 12.6 Å². The maximum Gasteiger partial charge on any atom is 0.408 e. The molecule has 9 nitrogen and oxygen atoms in total. The molecule has 0 bridgehead atoms. The van der Waals surface area contributed by atoms with Crippen molar-refractivity contribution in [2.45, 2.75) is 38.1 Å². The van der Waals surface area contributed by atoms with E-state index in [0.29, 0.717) is 4.90 Å². The fourth-order valence-electron chi connectivity index (χ4n) is 3.58. The third-order valence-corrected chi connectivity index (χ3v) is 5.28. The first-order valence-electron chi connectivity index (χ1n) is 9.35. The van der Waals surface area contributed by atoms with Gasteiger partial charge >= 0.3 is 6.18 Å². The Kier molecular flexibility index (Phi) is 6.22. The van der Waals surface area contributed by atoms with E-state index < -0.39 is 48.4 Å². The number of ether oxygens (including phenoxy) is 1. The summed E-state index contributed by atoms with van der Waals surface area (Å²) in [6, 6.07) is -2.39. The van der Waals surface area contributed by atoms with E-state index in [2.05, 4.69) is 4.98 Å². The van der Waals surface area contributed by atoms with Crippen LogP contribution >= 0.6 is 0 Å². The van der Waals surface area contributed by atoms with Gasteiger partial charge in [-0.15, -0.1) is 0 Å². The first kappa shape index (κ1) is 22.3. The molecule has 1 fully saturated rings. The summed E-state index contributed by atoms with van der Waals surface area (Å²) in [6.07, 6.45) is -5.20.